The molecule has 0 saturated heterocycles. The molecule has 0 aliphatic carbocycles. The monoisotopic (exact) mass is 248 g/mol. The van der Waals surface area contributed by atoms with Crippen LogP contribution >= 0.6 is 0 Å². The van der Waals surface area contributed by atoms with E-state index in [-0.39, 0.29) is 11.6 Å². The number of hydrogen-bond donors (Lipinski definition) is 0. The molecule has 0 aromatic carbocycles. The molecule has 0 amide bonds. The van der Waals surface area contributed by atoms with Gasteiger partial charge in [0.05, 0.1) is 7.11 Å². The maximum absolute atomic E-state index is 10.4. The summed E-state index contributed by atoms with van der Waals surface area (Å²) in [7, 11) is 1.29. The van der Waals surface area contributed by atoms with Crippen LogP contribution < -0.4 is 0 Å². The van der Waals surface area contributed by atoms with E-state index in [1.165, 1.54) is 14.0 Å². The van der Waals surface area contributed by atoms with Crippen LogP contribution in [0.25, 0.3) is 0 Å². The van der Waals surface area contributed by atoms with Gasteiger partial charge in [-0.3, -0.25) is 4.79 Å². The summed E-state index contributed by atoms with van der Waals surface area (Å²) >= 11 is 0. The molecule has 0 atom stereocenters. The minimum absolute atomic E-state index is 0.225. The van der Waals surface area contributed by atoms with Crippen LogP contribution in [0.15, 0.2) is 0 Å². The zero-order valence-corrected chi connectivity index (χ0v) is 12.0. The van der Waals surface area contributed by atoms with Crippen LogP contribution in [-0.4, -0.2) is 30.4 Å². The molecule has 0 N–H and O–H groups in total. The van der Waals surface area contributed by atoms with E-state index in [1.807, 2.05) is 20.8 Å². The minimum Gasteiger partial charge on any atom is -0.460 e. The highest BCUT2D eigenvalue weighted by Gasteiger charge is 2.15. The summed E-state index contributed by atoms with van der Waals surface area (Å²) in [4.78, 5) is 20.6. The van der Waals surface area contributed by atoms with E-state index in [2.05, 4.69) is 4.74 Å². The van der Waals surface area contributed by atoms with Crippen molar-refractivity contribution in [2.45, 2.75) is 59.7 Å². The van der Waals surface area contributed by atoms with E-state index in [0.717, 1.165) is 0 Å². The van der Waals surface area contributed by atoms with Crippen molar-refractivity contribution in [3.05, 3.63) is 0 Å². The predicted octanol–water partition coefficient (Wildman–Crippen LogP) is 2.92. The molecule has 5 heteroatoms. The molecule has 0 spiro atoms. The maximum atomic E-state index is 10.4. The Bertz CT molecular complexity index is 245. The lowest BCUT2D eigenvalue weighted by molar-refractivity contribution is -0.151. The SMILES string of the molecule is CC(=O)OC(C)(C)C.COC(=O)OC(C)(C)C. The molecule has 0 rings (SSSR count). The van der Waals surface area contributed by atoms with Crippen LogP contribution in [0.2, 0.25) is 0 Å². The molecule has 0 aromatic heterocycles. The quantitative estimate of drug-likeness (QED) is 0.617. The number of esters is 1. The van der Waals surface area contributed by atoms with Crippen molar-refractivity contribution in [2.75, 3.05) is 7.11 Å². The molecule has 0 unspecified atom stereocenters. The fourth-order valence-corrected chi connectivity index (χ4v) is 0.723. The summed E-state index contributed by atoms with van der Waals surface area (Å²) in [6.45, 7) is 12.3. The van der Waals surface area contributed by atoms with Crippen LogP contribution in [0.3, 0.4) is 0 Å². The highest BCUT2D eigenvalue weighted by Crippen LogP contribution is 2.07. The second kappa shape index (κ2) is 7.14. The molecule has 0 fully saturated rings. The molecule has 0 radical (unpaired) electrons. The minimum atomic E-state index is -0.637. The number of carbonyl (C=O) groups excluding carboxylic acids is 2. The Labute approximate surface area is 103 Å². The number of methoxy groups -OCH3 is 1. The third-order valence-electron chi connectivity index (χ3n) is 1.01. The third kappa shape index (κ3) is 20.7. The van der Waals surface area contributed by atoms with Gasteiger partial charge in [0.15, 0.2) is 0 Å². The van der Waals surface area contributed by atoms with E-state index in [0.29, 0.717) is 0 Å². The Morgan fingerprint density at radius 3 is 1.24 bits per heavy atom. The summed E-state index contributed by atoms with van der Waals surface area (Å²) < 4.78 is 13.8. The third-order valence-corrected chi connectivity index (χ3v) is 1.01. The largest absolute Gasteiger partial charge is 0.508 e. The van der Waals surface area contributed by atoms with Gasteiger partial charge in [0.1, 0.15) is 11.2 Å². The van der Waals surface area contributed by atoms with Crippen molar-refractivity contribution >= 4 is 12.1 Å². The van der Waals surface area contributed by atoms with Crippen LogP contribution in [-0.2, 0) is 19.0 Å². The summed E-state index contributed by atoms with van der Waals surface area (Å²) in [5.41, 5.74) is -0.779. The average Bonchev–Trinajstić information content (AvgIpc) is 1.96. The smallest absolute Gasteiger partial charge is 0.460 e. The predicted molar refractivity (Wildman–Crippen MR) is 64.8 cm³/mol. The highest BCUT2D eigenvalue weighted by molar-refractivity contribution is 5.66. The van der Waals surface area contributed by atoms with Crippen LogP contribution in [0.5, 0.6) is 0 Å². The van der Waals surface area contributed by atoms with Gasteiger partial charge in [-0.25, -0.2) is 4.79 Å². The van der Waals surface area contributed by atoms with Crippen molar-refractivity contribution in [3.63, 3.8) is 0 Å². The zero-order valence-electron chi connectivity index (χ0n) is 12.0. The van der Waals surface area contributed by atoms with E-state index in [4.69, 9.17) is 9.47 Å². The lowest BCUT2D eigenvalue weighted by Crippen LogP contribution is -2.23. The van der Waals surface area contributed by atoms with Crippen LogP contribution in [0.4, 0.5) is 4.79 Å². The molecule has 102 valence electrons. The van der Waals surface area contributed by atoms with Gasteiger partial charge in [0.25, 0.3) is 0 Å². The molecule has 0 heterocycles. The van der Waals surface area contributed by atoms with Gasteiger partial charge in [-0.2, -0.15) is 0 Å². The molecule has 0 aliphatic rings. The first-order valence-corrected chi connectivity index (χ1v) is 5.34. The molecule has 5 nitrogen and oxygen atoms in total. The number of ether oxygens (including phenoxy) is 3. The summed E-state index contributed by atoms with van der Waals surface area (Å²) in [6.07, 6.45) is -0.637. The normalized spacial score (nSPS) is 10.8. The van der Waals surface area contributed by atoms with Gasteiger partial charge in [-0.15, -0.1) is 0 Å². The van der Waals surface area contributed by atoms with E-state index >= 15 is 0 Å². The van der Waals surface area contributed by atoms with Crippen molar-refractivity contribution in [1.29, 1.82) is 0 Å². The summed E-state index contributed by atoms with van der Waals surface area (Å²) in [5, 5.41) is 0. The second-order valence-electron chi connectivity index (χ2n) is 5.37. The summed E-state index contributed by atoms with van der Waals surface area (Å²) in [5.74, 6) is -0.225. The van der Waals surface area contributed by atoms with Crippen LogP contribution in [0, 0.1) is 0 Å². The Hall–Kier alpha value is -1.26. The summed E-state index contributed by atoms with van der Waals surface area (Å²) in [6, 6.07) is 0. The fourth-order valence-electron chi connectivity index (χ4n) is 0.723. The van der Waals surface area contributed by atoms with Gasteiger partial charge in [0, 0.05) is 6.92 Å². The van der Waals surface area contributed by atoms with Gasteiger partial charge >= 0.3 is 12.1 Å². The van der Waals surface area contributed by atoms with Gasteiger partial charge < -0.3 is 14.2 Å². The fraction of sp³-hybridized carbons (Fsp3) is 0.833. The van der Waals surface area contributed by atoms with E-state index in [1.54, 1.807) is 20.8 Å². The molecular formula is C12H24O5. The number of rotatable bonds is 0. The number of hydrogen-bond acceptors (Lipinski definition) is 5. The van der Waals surface area contributed by atoms with Crippen molar-refractivity contribution in [2.24, 2.45) is 0 Å². The van der Waals surface area contributed by atoms with Gasteiger partial charge in [0.2, 0.25) is 0 Å². The second-order valence-corrected chi connectivity index (χ2v) is 5.37. The van der Waals surface area contributed by atoms with Crippen LogP contribution in [0.1, 0.15) is 48.5 Å². The topological polar surface area (TPSA) is 61.8 Å². The maximum Gasteiger partial charge on any atom is 0.508 e. The Balaban J connectivity index is 0. The average molecular weight is 248 g/mol. The first-order valence-electron chi connectivity index (χ1n) is 5.34. The van der Waals surface area contributed by atoms with Crippen molar-refractivity contribution < 1.29 is 23.8 Å². The van der Waals surface area contributed by atoms with Gasteiger partial charge in [-0.1, -0.05) is 0 Å². The molecule has 0 bridgehead atoms. The molecule has 17 heavy (non-hydrogen) atoms. The van der Waals surface area contributed by atoms with Crippen molar-refractivity contribution in [1.82, 2.24) is 0 Å². The Kier molecular flexibility index (Phi) is 7.61. The standard InChI is InChI=1S/C6H12O3.C6H12O2/c1-6(2,3)9-5(7)8-4;1-5(7)8-6(2,3)4/h1-4H3;1-4H3. The highest BCUT2D eigenvalue weighted by atomic mass is 16.7. The molecular weight excluding hydrogens is 224 g/mol. The lowest BCUT2D eigenvalue weighted by Gasteiger charge is -2.17. The molecule has 0 saturated carbocycles. The zero-order chi connectivity index (χ0) is 14.3. The number of carbonyl (C=O) groups is 2. The molecule has 0 aliphatic heterocycles. The Morgan fingerprint density at radius 2 is 1.18 bits per heavy atom. The Morgan fingerprint density at radius 1 is 0.824 bits per heavy atom. The first kappa shape index (κ1) is 18.1. The van der Waals surface area contributed by atoms with Gasteiger partial charge in [-0.05, 0) is 41.5 Å². The van der Waals surface area contributed by atoms with E-state index < -0.39 is 11.8 Å². The first-order chi connectivity index (χ1) is 7.37. The van der Waals surface area contributed by atoms with E-state index in [9.17, 15) is 9.59 Å². The van der Waals surface area contributed by atoms with Crippen molar-refractivity contribution in [3.8, 4) is 0 Å². The lowest BCUT2D eigenvalue weighted by atomic mass is 10.2. The molecule has 0 aromatic rings.